The maximum atomic E-state index is 12.1. The number of benzene rings is 1. The lowest BCUT2D eigenvalue weighted by Gasteiger charge is -2.11. The van der Waals surface area contributed by atoms with E-state index < -0.39 is 12.0 Å². The quantitative estimate of drug-likeness (QED) is 0.829. The summed E-state index contributed by atoms with van der Waals surface area (Å²) in [6.07, 6.45) is -0.157. The predicted molar refractivity (Wildman–Crippen MR) is 77.0 cm³/mol. The number of hydrogen-bond acceptors (Lipinski definition) is 3. The fraction of sp³-hybridized carbons (Fsp3) is 0.357. The van der Waals surface area contributed by atoms with Gasteiger partial charge in [0.15, 0.2) is 0 Å². The van der Waals surface area contributed by atoms with Crippen LogP contribution in [0.2, 0.25) is 0 Å². The second-order valence-electron chi connectivity index (χ2n) is 4.98. The molecule has 0 saturated carbocycles. The van der Waals surface area contributed by atoms with Crippen LogP contribution in [0.5, 0.6) is 0 Å². The molecule has 1 unspecified atom stereocenters. The number of carbonyl (C=O) groups excluding carboxylic acids is 1. The monoisotopic (exact) mass is 291 g/mol. The number of aromatic nitrogens is 2. The molecule has 2 N–H and O–H groups in total. The van der Waals surface area contributed by atoms with Crippen molar-refractivity contribution in [1.29, 1.82) is 0 Å². The Morgan fingerprint density at radius 1 is 1.29 bits per heavy atom. The van der Waals surface area contributed by atoms with Crippen LogP contribution in [0.15, 0.2) is 29.1 Å². The van der Waals surface area contributed by atoms with Gasteiger partial charge in [0, 0.05) is 13.1 Å². The predicted octanol–water partition coefficient (Wildman–Crippen LogP) is 0.319. The Labute approximate surface area is 120 Å². The lowest BCUT2D eigenvalue weighted by Crippen LogP contribution is -2.38. The van der Waals surface area contributed by atoms with Crippen molar-refractivity contribution in [2.24, 2.45) is 7.05 Å². The van der Waals surface area contributed by atoms with Crippen molar-refractivity contribution in [1.82, 2.24) is 14.5 Å². The Balaban J connectivity index is 2.20. The summed E-state index contributed by atoms with van der Waals surface area (Å²) >= 11 is 0. The molecule has 0 fully saturated rings. The summed E-state index contributed by atoms with van der Waals surface area (Å²) in [5, 5.41) is 11.2. The minimum atomic E-state index is -0.981. The van der Waals surface area contributed by atoms with Crippen LogP contribution in [0.4, 0.5) is 0 Å². The van der Waals surface area contributed by atoms with E-state index in [0.29, 0.717) is 5.52 Å². The van der Waals surface area contributed by atoms with Crippen molar-refractivity contribution in [3.05, 3.63) is 34.7 Å². The third-order valence-corrected chi connectivity index (χ3v) is 3.24. The number of carboxylic acids is 1. The first kappa shape index (κ1) is 14.8. The van der Waals surface area contributed by atoms with Crippen molar-refractivity contribution >= 4 is 22.9 Å². The van der Waals surface area contributed by atoms with Gasteiger partial charge in [0.2, 0.25) is 5.91 Å². The second kappa shape index (κ2) is 5.82. The number of fused-ring (bicyclic) bond motifs is 1. The summed E-state index contributed by atoms with van der Waals surface area (Å²) in [6, 6.07) is 6.70. The summed E-state index contributed by atoms with van der Waals surface area (Å²) in [7, 11) is 1.64. The number of para-hydroxylation sites is 2. The summed E-state index contributed by atoms with van der Waals surface area (Å²) < 4.78 is 2.85. The van der Waals surface area contributed by atoms with Crippen molar-refractivity contribution in [3.63, 3.8) is 0 Å². The van der Waals surface area contributed by atoms with E-state index in [1.807, 2.05) is 6.07 Å². The molecular formula is C14H17N3O4. The molecule has 2 rings (SSSR count). The lowest BCUT2D eigenvalue weighted by atomic mass is 10.2. The molecule has 0 aliphatic heterocycles. The molecule has 1 amide bonds. The van der Waals surface area contributed by atoms with Crippen LogP contribution in [-0.4, -0.2) is 32.2 Å². The molecule has 0 aliphatic carbocycles. The zero-order valence-electron chi connectivity index (χ0n) is 11.9. The molecule has 0 spiro atoms. The lowest BCUT2D eigenvalue weighted by molar-refractivity contribution is -0.137. The highest BCUT2D eigenvalue weighted by molar-refractivity contribution is 5.81. The van der Waals surface area contributed by atoms with Crippen LogP contribution in [0.3, 0.4) is 0 Å². The molecule has 1 heterocycles. The maximum Gasteiger partial charge on any atom is 0.329 e. The molecule has 7 nitrogen and oxygen atoms in total. The van der Waals surface area contributed by atoms with Gasteiger partial charge in [0.1, 0.15) is 6.54 Å². The standard InChI is InChI=1S/C14H17N3O4/c1-9(7-13(19)20)15-12(18)8-17-11-6-4-3-5-10(11)16(2)14(17)21/h3-6,9H,7-8H2,1-2H3,(H,15,18)(H,19,20). The zero-order valence-corrected chi connectivity index (χ0v) is 11.9. The average molecular weight is 291 g/mol. The van der Waals surface area contributed by atoms with E-state index in [9.17, 15) is 14.4 Å². The molecule has 1 aromatic heterocycles. The molecule has 0 bridgehead atoms. The molecule has 0 radical (unpaired) electrons. The largest absolute Gasteiger partial charge is 0.481 e. The molecule has 2 aromatic rings. The average Bonchev–Trinajstić information content (AvgIpc) is 2.63. The van der Waals surface area contributed by atoms with Gasteiger partial charge in [-0.05, 0) is 19.1 Å². The molecule has 7 heteroatoms. The van der Waals surface area contributed by atoms with E-state index in [4.69, 9.17) is 5.11 Å². The van der Waals surface area contributed by atoms with Crippen LogP contribution in [-0.2, 0) is 23.2 Å². The Kier molecular flexibility index (Phi) is 4.11. The van der Waals surface area contributed by atoms with Crippen LogP contribution in [0, 0.1) is 0 Å². The van der Waals surface area contributed by atoms with Crippen LogP contribution >= 0.6 is 0 Å². The normalized spacial score (nSPS) is 12.3. The van der Waals surface area contributed by atoms with E-state index in [0.717, 1.165) is 5.52 Å². The van der Waals surface area contributed by atoms with Gasteiger partial charge in [-0.1, -0.05) is 12.1 Å². The third-order valence-electron chi connectivity index (χ3n) is 3.24. The fourth-order valence-corrected chi connectivity index (χ4v) is 2.29. The first-order valence-electron chi connectivity index (χ1n) is 6.55. The highest BCUT2D eigenvalue weighted by Crippen LogP contribution is 2.11. The van der Waals surface area contributed by atoms with Crippen molar-refractivity contribution in [2.45, 2.75) is 25.9 Å². The SMILES string of the molecule is CC(CC(=O)O)NC(=O)Cn1c(=O)n(C)c2ccccc21. The molecule has 21 heavy (non-hydrogen) atoms. The highest BCUT2D eigenvalue weighted by atomic mass is 16.4. The van der Waals surface area contributed by atoms with Gasteiger partial charge in [-0.3, -0.25) is 18.7 Å². The highest BCUT2D eigenvalue weighted by Gasteiger charge is 2.15. The van der Waals surface area contributed by atoms with Gasteiger partial charge in [0.25, 0.3) is 0 Å². The fourth-order valence-electron chi connectivity index (χ4n) is 2.29. The van der Waals surface area contributed by atoms with Gasteiger partial charge < -0.3 is 10.4 Å². The molecule has 0 saturated heterocycles. The summed E-state index contributed by atoms with van der Waals surface area (Å²) in [5.41, 5.74) is 1.14. The molecule has 0 aliphatic rings. The number of aryl methyl sites for hydroxylation is 1. The number of aliphatic carboxylic acids is 1. The Morgan fingerprint density at radius 2 is 1.90 bits per heavy atom. The van der Waals surface area contributed by atoms with Crippen molar-refractivity contribution in [3.8, 4) is 0 Å². The number of nitrogens with one attached hydrogen (secondary N) is 1. The zero-order chi connectivity index (χ0) is 15.6. The van der Waals surface area contributed by atoms with Gasteiger partial charge in [-0.25, -0.2) is 4.79 Å². The Hall–Kier alpha value is -2.57. The Morgan fingerprint density at radius 3 is 2.52 bits per heavy atom. The number of imidazole rings is 1. The minimum absolute atomic E-state index is 0.135. The van der Waals surface area contributed by atoms with E-state index in [1.165, 1.54) is 9.13 Å². The smallest absolute Gasteiger partial charge is 0.329 e. The molecule has 1 atom stereocenters. The summed E-state index contributed by atoms with van der Waals surface area (Å²) in [4.78, 5) is 34.6. The molecular weight excluding hydrogens is 274 g/mol. The van der Waals surface area contributed by atoms with Crippen LogP contribution < -0.4 is 11.0 Å². The number of carbonyl (C=O) groups is 2. The van der Waals surface area contributed by atoms with E-state index in [2.05, 4.69) is 5.32 Å². The van der Waals surface area contributed by atoms with E-state index in [1.54, 1.807) is 32.2 Å². The van der Waals surface area contributed by atoms with Gasteiger partial charge in [0.05, 0.1) is 17.5 Å². The summed E-state index contributed by atoms with van der Waals surface area (Å²) in [6.45, 7) is 1.47. The van der Waals surface area contributed by atoms with Gasteiger partial charge in [-0.2, -0.15) is 0 Å². The summed E-state index contributed by atoms with van der Waals surface area (Å²) in [5.74, 6) is -1.37. The molecule has 112 valence electrons. The van der Waals surface area contributed by atoms with Gasteiger partial charge in [-0.15, -0.1) is 0 Å². The molecule has 1 aromatic carbocycles. The number of hydrogen-bond donors (Lipinski definition) is 2. The van der Waals surface area contributed by atoms with Crippen LogP contribution in [0.1, 0.15) is 13.3 Å². The Bertz CT molecular complexity index is 744. The van der Waals surface area contributed by atoms with Crippen molar-refractivity contribution < 1.29 is 14.7 Å². The number of rotatable bonds is 5. The number of nitrogens with zero attached hydrogens (tertiary/aromatic N) is 2. The number of amides is 1. The first-order valence-corrected chi connectivity index (χ1v) is 6.55. The maximum absolute atomic E-state index is 12.1. The van der Waals surface area contributed by atoms with E-state index in [-0.39, 0.29) is 24.6 Å². The van der Waals surface area contributed by atoms with Gasteiger partial charge >= 0.3 is 11.7 Å². The minimum Gasteiger partial charge on any atom is -0.481 e. The second-order valence-corrected chi connectivity index (χ2v) is 4.98. The van der Waals surface area contributed by atoms with E-state index >= 15 is 0 Å². The first-order chi connectivity index (χ1) is 9.90. The van der Waals surface area contributed by atoms with Crippen molar-refractivity contribution in [2.75, 3.05) is 0 Å². The third kappa shape index (κ3) is 3.13. The van der Waals surface area contributed by atoms with Crippen LogP contribution in [0.25, 0.3) is 11.0 Å². The topological polar surface area (TPSA) is 93.3 Å². The number of carboxylic acid groups (broad SMARTS) is 1.